The summed E-state index contributed by atoms with van der Waals surface area (Å²) in [4.78, 5) is 31.8. The molecule has 1 N–H and O–H groups in total. The number of benzene rings is 1. The monoisotopic (exact) mass is 502 g/mol. The van der Waals surface area contributed by atoms with Crippen molar-refractivity contribution in [3.63, 3.8) is 0 Å². The largest absolute Gasteiger partial charge is 0.459 e. The summed E-state index contributed by atoms with van der Waals surface area (Å²) in [5.41, 5.74) is 6.31. The molecule has 1 aliphatic rings. The van der Waals surface area contributed by atoms with E-state index in [9.17, 15) is 9.59 Å². The molecule has 1 amide bonds. The molecule has 0 fully saturated rings. The summed E-state index contributed by atoms with van der Waals surface area (Å²) in [6.45, 7) is 7.66. The summed E-state index contributed by atoms with van der Waals surface area (Å²) in [5.74, 6) is -0.621. The number of pyridine rings is 1. The molecule has 0 unspecified atom stereocenters. The number of ether oxygens (including phenoxy) is 1. The van der Waals surface area contributed by atoms with E-state index in [1.165, 1.54) is 16.9 Å². The maximum Gasteiger partial charge on any atom is 0.341 e. The van der Waals surface area contributed by atoms with Gasteiger partial charge in [-0.1, -0.05) is 29.8 Å². The highest BCUT2D eigenvalue weighted by molar-refractivity contribution is 7.17. The number of hydrogen-bond acceptors (Lipinski definition) is 6. The smallest absolute Gasteiger partial charge is 0.341 e. The van der Waals surface area contributed by atoms with Crippen LogP contribution in [0.3, 0.4) is 0 Å². The number of esters is 1. The van der Waals surface area contributed by atoms with Gasteiger partial charge in [0.25, 0.3) is 0 Å². The second-order valence-electron chi connectivity index (χ2n) is 9.59. The number of fused-ring (bicyclic) bond motifs is 2. The normalized spacial score (nSPS) is 13.1. The zero-order valence-corrected chi connectivity index (χ0v) is 21.9. The molecule has 3 heterocycles. The number of rotatable bonds is 6. The number of nitrogens with one attached hydrogen (secondary N) is 1. The van der Waals surface area contributed by atoms with Crippen LogP contribution in [0, 0.1) is 13.8 Å². The molecule has 1 aromatic carbocycles. The summed E-state index contributed by atoms with van der Waals surface area (Å²) in [5, 5.41) is 9.14. The Bertz CT molecular complexity index is 1470. The van der Waals surface area contributed by atoms with Gasteiger partial charge in [-0.2, -0.15) is 5.10 Å². The van der Waals surface area contributed by atoms with Crippen LogP contribution in [0.25, 0.3) is 22.2 Å². The van der Waals surface area contributed by atoms with E-state index in [0.29, 0.717) is 16.2 Å². The van der Waals surface area contributed by atoms with Gasteiger partial charge in [-0.15, -0.1) is 11.3 Å². The molecule has 0 bridgehead atoms. The predicted octanol–water partition coefficient (Wildman–Crippen LogP) is 5.86. The molecule has 0 saturated heterocycles. The fraction of sp³-hybridized carbons (Fsp3) is 0.357. The molecule has 8 heteroatoms. The van der Waals surface area contributed by atoms with Crippen molar-refractivity contribution in [3.8, 4) is 11.1 Å². The van der Waals surface area contributed by atoms with Gasteiger partial charge in [0.15, 0.2) is 5.65 Å². The van der Waals surface area contributed by atoms with Crippen molar-refractivity contribution < 1.29 is 14.3 Å². The zero-order valence-electron chi connectivity index (χ0n) is 21.1. The van der Waals surface area contributed by atoms with Crippen molar-refractivity contribution in [1.82, 2.24) is 14.8 Å². The van der Waals surface area contributed by atoms with Crippen molar-refractivity contribution in [2.45, 2.75) is 66.0 Å². The fourth-order valence-electron chi connectivity index (χ4n) is 4.89. The minimum Gasteiger partial charge on any atom is -0.459 e. The van der Waals surface area contributed by atoms with Gasteiger partial charge in [-0.25, -0.2) is 14.5 Å². The Hall–Kier alpha value is -3.52. The average molecular weight is 503 g/mol. The van der Waals surface area contributed by atoms with E-state index in [1.807, 2.05) is 32.9 Å². The van der Waals surface area contributed by atoms with Gasteiger partial charge in [-0.3, -0.25) is 4.79 Å². The van der Waals surface area contributed by atoms with Crippen molar-refractivity contribution in [2.24, 2.45) is 0 Å². The highest BCUT2D eigenvalue weighted by Crippen LogP contribution is 2.39. The first-order valence-electron chi connectivity index (χ1n) is 12.4. The lowest BCUT2D eigenvalue weighted by molar-refractivity contribution is -0.116. The van der Waals surface area contributed by atoms with Crippen LogP contribution in [0.2, 0.25) is 0 Å². The average Bonchev–Trinajstić information content (AvgIpc) is 3.35. The number of nitrogens with zero attached hydrogens (tertiary/aromatic N) is 3. The third-order valence-electron chi connectivity index (χ3n) is 6.40. The van der Waals surface area contributed by atoms with E-state index in [0.717, 1.165) is 58.3 Å². The van der Waals surface area contributed by atoms with Crippen molar-refractivity contribution >= 4 is 39.2 Å². The summed E-state index contributed by atoms with van der Waals surface area (Å²) in [6, 6.07) is 10.3. The first-order chi connectivity index (χ1) is 17.3. The van der Waals surface area contributed by atoms with E-state index in [4.69, 9.17) is 4.74 Å². The highest BCUT2D eigenvalue weighted by Gasteiger charge is 2.28. The van der Waals surface area contributed by atoms with E-state index in [1.54, 1.807) is 10.9 Å². The van der Waals surface area contributed by atoms with Gasteiger partial charge in [0, 0.05) is 16.5 Å². The van der Waals surface area contributed by atoms with Crippen LogP contribution < -0.4 is 5.32 Å². The highest BCUT2D eigenvalue weighted by atomic mass is 32.1. The maximum atomic E-state index is 13.2. The minimum atomic E-state index is -0.371. The van der Waals surface area contributed by atoms with E-state index in [2.05, 4.69) is 40.5 Å². The standard InChI is InChI=1S/C28H30N4O3S/c1-16(2)35-28(34)25-21-10-5-6-11-22(21)36-27(25)30-23(33)15-32-26-24(18(4)31-32)20(12-13-29-26)19-9-7-8-17(3)14-19/h7-9,12-14,16H,5-6,10-11,15H2,1-4H3,(H,30,33). The molecule has 1 aliphatic carbocycles. The number of thiophene rings is 1. The second kappa shape index (κ2) is 9.85. The van der Waals surface area contributed by atoms with Crippen molar-refractivity contribution in [1.29, 1.82) is 0 Å². The second-order valence-corrected chi connectivity index (χ2v) is 10.7. The summed E-state index contributed by atoms with van der Waals surface area (Å²) < 4.78 is 7.15. The van der Waals surface area contributed by atoms with Crippen LogP contribution in [0.5, 0.6) is 0 Å². The van der Waals surface area contributed by atoms with Crippen LogP contribution in [0.15, 0.2) is 36.5 Å². The van der Waals surface area contributed by atoms with Gasteiger partial charge < -0.3 is 10.1 Å². The molecule has 36 heavy (non-hydrogen) atoms. The molecule has 7 nitrogen and oxygen atoms in total. The number of aromatic nitrogens is 3. The van der Waals surface area contributed by atoms with Crippen LogP contribution in [-0.4, -0.2) is 32.7 Å². The summed E-state index contributed by atoms with van der Waals surface area (Å²) in [7, 11) is 0. The van der Waals surface area contributed by atoms with Crippen LogP contribution in [-0.2, 0) is 28.9 Å². The molecule has 186 valence electrons. The first kappa shape index (κ1) is 24.2. The lowest BCUT2D eigenvalue weighted by Gasteiger charge is -2.14. The van der Waals surface area contributed by atoms with Crippen molar-refractivity contribution in [2.75, 3.05) is 5.32 Å². The van der Waals surface area contributed by atoms with E-state index < -0.39 is 0 Å². The molecule has 0 spiro atoms. The number of amides is 1. The maximum absolute atomic E-state index is 13.2. The molecule has 0 aliphatic heterocycles. The van der Waals surface area contributed by atoms with Crippen LogP contribution >= 0.6 is 11.3 Å². The molecular formula is C28H30N4O3S. The third-order valence-corrected chi connectivity index (χ3v) is 7.61. The number of hydrogen-bond donors (Lipinski definition) is 1. The van der Waals surface area contributed by atoms with Gasteiger partial charge >= 0.3 is 5.97 Å². The lowest BCUT2D eigenvalue weighted by Crippen LogP contribution is -2.21. The Morgan fingerprint density at radius 1 is 1.17 bits per heavy atom. The van der Waals surface area contributed by atoms with E-state index in [-0.39, 0.29) is 24.5 Å². The molecule has 0 radical (unpaired) electrons. The van der Waals surface area contributed by atoms with Gasteiger partial charge in [0.05, 0.1) is 17.4 Å². The molecule has 0 atom stereocenters. The molecule has 5 rings (SSSR count). The number of carbonyl (C=O) groups is 2. The van der Waals surface area contributed by atoms with Gasteiger partial charge in [-0.05, 0) is 76.1 Å². The SMILES string of the molecule is Cc1cccc(-c2ccnc3c2c(C)nn3CC(=O)Nc2sc3c(c2C(=O)OC(C)C)CCCC3)c1. The predicted molar refractivity (Wildman–Crippen MR) is 143 cm³/mol. The molecule has 4 aromatic rings. The Morgan fingerprint density at radius 2 is 1.97 bits per heavy atom. The van der Waals surface area contributed by atoms with Gasteiger partial charge in [0.1, 0.15) is 11.5 Å². The van der Waals surface area contributed by atoms with Crippen LogP contribution in [0.1, 0.15) is 58.7 Å². The Balaban J connectivity index is 1.45. The third kappa shape index (κ3) is 4.65. The van der Waals surface area contributed by atoms with E-state index >= 15 is 0 Å². The molecule has 3 aromatic heterocycles. The fourth-order valence-corrected chi connectivity index (χ4v) is 6.18. The lowest BCUT2D eigenvalue weighted by atomic mass is 9.95. The molecule has 0 saturated carbocycles. The van der Waals surface area contributed by atoms with Gasteiger partial charge in [0.2, 0.25) is 5.91 Å². The number of aryl methyl sites for hydroxylation is 3. The Morgan fingerprint density at radius 3 is 2.75 bits per heavy atom. The Labute approximate surface area is 214 Å². The minimum absolute atomic E-state index is 0.00412. The quantitative estimate of drug-likeness (QED) is 0.334. The summed E-state index contributed by atoms with van der Waals surface area (Å²) >= 11 is 1.49. The summed E-state index contributed by atoms with van der Waals surface area (Å²) in [6.07, 6.45) is 5.40. The number of carbonyl (C=O) groups excluding carboxylic acids is 2. The zero-order chi connectivity index (χ0) is 25.4. The van der Waals surface area contributed by atoms with Crippen molar-refractivity contribution in [3.05, 3.63) is 63.8 Å². The first-order valence-corrected chi connectivity index (χ1v) is 13.2. The Kier molecular flexibility index (Phi) is 6.62. The topological polar surface area (TPSA) is 86.1 Å². The molecular weight excluding hydrogens is 472 g/mol. The number of anilines is 1. The van der Waals surface area contributed by atoms with Crippen LogP contribution in [0.4, 0.5) is 5.00 Å².